The van der Waals surface area contributed by atoms with Crippen molar-refractivity contribution in [2.24, 2.45) is 5.16 Å². The van der Waals surface area contributed by atoms with E-state index in [0.717, 1.165) is 20.9 Å². The molecule has 0 aliphatic carbocycles. The Labute approximate surface area is 89.2 Å². The summed E-state index contributed by atoms with van der Waals surface area (Å²) in [6.07, 6.45) is 3.13. The Kier molecular flexibility index (Phi) is 2.45. The van der Waals surface area contributed by atoms with Crippen molar-refractivity contribution >= 4 is 33.0 Å². The van der Waals surface area contributed by atoms with Crippen molar-refractivity contribution in [2.75, 3.05) is 0 Å². The molecule has 1 aromatic heterocycles. The quantitative estimate of drug-likeness (QED) is 0.481. The molecule has 0 saturated carbocycles. The molecule has 1 heterocycles. The Morgan fingerprint density at radius 2 is 2.21 bits per heavy atom. The molecule has 0 aliphatic rings. The van der Waals surface area contributed by atoms with Crippen molar-refractivity contribution in [1.29, 1.82) is 0 Å². The molecule has 0 fully saturated rings. The van der Waals surface area contributed by atoms with Crippen molar-refractivity contribution in [3.05, 3.63) is 40.5 Å². The van der Waals surface area contributed by atoms with E-state index in [1.807, 2.05) is 24.3 Å². The number of halogens is 1. The van der Waals surface area contributed by atoms with Crippen LogP contribution in [0, 0.1) is 0 Å². The van der Waals surface area contributed by atoms with E-state index < -0.39 is 0 Å². The zero-order chi connectivity index (χ0) is 9.97. The molecule has 0 atom stereocenters. The standard InChI is InChI=1S/C10H7BrN2O/c11-9-4-3-7(6-13-14)8-2-1-5-12-10(8)9/h1-6,14H. The van der Waals surface area contributed by atoms with Crippen LogP contribution in [0.25, 0.3) is 10.9 Å². The number of benzene rings is 1. The number of rotatable bonds is 1. The topological polar surface area (TPSA) is 45.5 Å². The lowest BCUT2D eigenvalue weighted by molar-refractivity contribution is 0.322. The zero-order valence-electron chi connectivity index (χ0n) is 7.18. The van der Waals surface area contributed by atoms with Gasteiger partial charge in [0.25, 0.3) is 0 Å². The first kappa shape index (κ1) is 9.15. The van der Waals surface area contributed by atoms with E-state index in [1.165, 1.54) is 6.21 Å². The second-order valence-electron chi connectivity index (χ2n) is 2.78. The number of fused-ring (bicyclic) bond motifs is 1. The first-order chi connectivity index (χ1) is 6.83. The Balaban J connectivity index is 2.81. The predicted molar refractivity (Wildman–Crippen MR) is 58.8 cm³/mol. The molecule has 3 nitrogen and oxygen atoms in total. The van der Waals surface area contributed by atoms with Crippen LogP contribution < -0.4 is 0 Å². The molecule has 0 spiro atoms. The van der Waals surface area contributed by atoms with Crippen molar-refractivity contribution in [3.63, 3.8) is 0 Å². The van der Waals surface area contributed by atoms with Crippen LogP contribution in [-0.2, 0) is 0 Å². The molecule has 2 aromatic rings. The molecule has 0 unspecified atom stereocenters. The highest BCUT2D eigenvalue weighted by atomic mass is 79.9. The third-order valence-corrected chi connectivity index (χ3v) is 2.59. The lowest BCUT2D eigenvalue weighted by Crippen LogP contribution is -1.87. The van der Waals surface area contributed by atoms with Crippen LogP contribution in [0.5, 0.6) is 0 Å². The minimum atomic E-state index is 0.846. The highest BCUT2D eigenvalue weighted by Crippen LogP contribution is 2.23. The van der Waals surface area contributed by atoms with Crippen molar-refractivity contribution in [1.82, 2.24) is 4.98 Å². The molecule has 0 saturated heterocycles. The van der Waals surface area contributed by atoms with E-state index in [9.17, 15) is 0 Å². The Hall–Kier alpha value is -1.42. The minimum Gasteiger partial charge on any atom is -0.411 e. The van der Waals surface area contributed by atoms with Crippen LogP contribution in [0.15, 0.2) is 40.1 Å². The van der Waals surface area contributed by atoms with E-state index in [4.69, 9.17) is 5.21 Å². The SMILES string of the molecule is ON=Cc1ccc(Br)c2ncccc12. The van der Waals surface area contributed by atoms with Gasteiger partial charge in [-0.15, -0.1) is 0 Å². The van der Waals surface area contributed by atoms with Crippen LogP contribution >= 0.6 is 15.9 Å². The van der Waals surface area contributed by atoms with Crippen molar-refractivity contribution in [3.8, 4) is 0 Å². The molecule has 70 valence electrons. The minimum absolute atomic E-state index is 0.846. The van der Waals surface area contributed by atoms with Crippen LogP contribution in [0.3, 0.4) is 0 Å². The molecule has 1 N–H and O–H groups in total. The number of nitrogens with zero attached hydrogens (tertiary/aromatic N) is 2. The first-order valence-corrected chi connectivity index (χ1v) is 4.83. The second kappa shape index (κ2) is 3.75. The number of hydrogen-bond donors (Lipinski definition) is 1. The number of oxime groups is 1. The van der Waals surface area contributed by atoms with Gasteiger partial charge in [-0.2, -0.15) is 0 Å². The molecular weight excluding hydrogens is 244 g/mol. The lowest BCUT2D eigenvalue weighted by Gasteiger charge is -2.01. The van der Waals surface area contributed by atoms with Gasteiger partial charge in [-0.25, -0.2) is 0 Å². The molecule has 0 aliphatic heterocycles. The molecule has 0 amide bonds. The fourth-order valence-electron chi connectivity index (χ4n) is 1.33. The third-order valence-electron chi connectivity index (χ3n) is 1.95. The average Bonchev–Trinajstić information content (AvgIpc) is 2.23. The van der Waals surface area contributed by atoms with Gasteiger partial charge in [0, 0.05) is 21.6 Å². The van der Waals surface area contributed by atoms with Crippen LogP contribution in [0.4, 0.5) is 0 Å². The lowest BCUT2D eigenvalue weighted by atomic mass is 10.1. The summed E-state index contributed by atoms with van der Waals surface area (Å²) in [5, 5.41) is 12.5. The maximum absolute atomic E-state index is 8.49. The summed E-state index contributed by atoms with van der Waals surface area (Å²) in [6, 6.07) is 7.54. The predicted octanol–water partition coefficient (Wildman–Crippen LogP) is 2.81. The molecule has 0 bridgehead atoms. The highest BCUT2D eigenvalue weighted by Gasteiger charge is 2.02. The smallest absolute Gasteiger partial charge is 0.0850 e. The number of aromatic nitrogens is 1. The van der Waals surface area contributed by atoms with Gasteiger partial charge in [-0.1, -0.05) is 17.3 Å². The number of pyridine rings is 1. The number of hydrogen-bond acceptors (Lipinski definition) is 3. The zero-order valence-corrected chi connectivity index (χ0v) is 8.77. The van der Waals surface area contributed by atoms with Gasteiger partial charge in [0.1, 0.15) is 0 Å². The molecule has 2 rings (SSSR count). The van der Waals surface area contributed by atoms with Gasteiger partial charge in [-0.05, 0) is 28.1 Å². The van der Waals surface area contributed by atoms with Crippen molar-refractivity contribution < 1.29 is 5.21 Å². The van der Waals surface area contributed by atoms with Gasteiger partial charge in [0.2, 0.25) is 0 Å². The monoisotopic (exact) mass is 250 g/mol. The van der Waals surface area contributed by atoms with Crippen LogP contribution in [-0.4, -0.2) is 16.4 Å². The maximum atomic E-state index is 8.49. The molecule has 1 aromatic carbocycles. The molecule has 14 heavy (non-hydrogen) atoms. The van der Waals surface area contributed by atoms with E-state index >= 15 is 0 Å². The summed E-state index contributed by atoms with van der Waals surface area (Å²) in [7, 11) is 0. The highest BCUT2D eigenvalue weighted by molar-refractivity contribution is 9.10. The van der Waals surface area contributed by atoms with E-state index in [-0.39, 0.29) is 0 Å². The average molecular weight is 251 g/mol. The summed E-state index contributed by atoms with van der Waals surface area (Å²) >= 11 is 3.41. The van der Waals surface area contributed by atoms with Gasteiger partial charge >= 0.3 is 0 Å². The Morgan fingerprint density at radius 3 is 3.00 bits per heavy atom. The summed E-state index contributed by atoms with van der Waals surface area (Å²) < 4.78 is 0.934. The maximum Gasteiger partial charge on any atom is 0.0850 e. The molecule has 4 heteroatoms. The van der Waals surface area contributed by atoms with Gasteiger partial charge in [0.05, 0.1) is 11.7 Å². The summed E-state index contributed by atoms with van der Waals surface area (Å²) in [6.45, 7) is 0. The Morgan fingerprint density at radius 1 is 1.36 bits per heavy atom. The second-order valence-corrected chi connectivity index (χ2v) is 3.64. The van der Waals surface area contributed by atoms with Crippen LogP contribution in [0.2, 0.25) is 0 Å². The first-order valence-electron chi connectivity index (χ1n) is 4.03. The van der Waals surface area contributed by atoms with E-state index in [0.29, 0.717) is 0 Å². The van der Waals surface area contributed by atoms with Crippen molar-refractivity contribution in [2.45, 2.75) is 0 Å². The van der Waals surface area contributed by atoms with Gasteiger partial charge in [-0.3, -0.25) is 4.98 Å². The van der Waals surface area contributed by atoms with E-state index in [2.05, 4.69) is 26.1 Å². The summed E-state index contributed by atoms with van der Waals surface area (Å²) in [5.74, 6) is 0. The fraction of sp³-hybridized carbons (Fsp3) is 0. The summed E-state index contributed by atoms with van der Waals surface area (Å²) in [5.41, 5.74) is 1.71. The third kappa shape index (κ3) is 1.48. The largest absolute Gasteiger partial charge is 0.411 e. The fourth-order valence-corrected chi connectivity index (χ4v) is 1.78. The Bertz CT molecular complexity index is 496. The summed E-state index contributed by atoms with van der Waals surface area (Å²) in [4.78, 5) is 4.23. The normalized spacial score (nSPS) is 11.2. The van der Waals surface area contributed by atoms with E-state index in [1.54, 1.807) is 6.20 Å². The van der Waals surface area contributed by atoms with Crippen LogP contribution in [0.1, 0.15) is 5.56 Å². The molecule has 0 radical (unpaired) electrons. The molecular formula is C10H7BrN2O. The van der Waals surface area contributed by atoms with Gasteiger partial charge in [0.15, 0.2) is 0 Å². The van der Waals surface area contributed by atoms with Gasteiger partial charge < -0.3 is 5.21 Å².